The van der Waals surface area contributed by atoms with Crippen LogP contribution in [-0.4, -0.2) is 26.5 Å². The SMILES string of the molecule is CCN(CC)c1ccc(CNS(=O)(=O)c2cccc(Cl)c2)cn1. The van der Waals surface area contributed by atoms with Crippen LogP contribution in [0.2, 0.25) is 5.02 Å². The van der Waals surface area contributed by atoms with Crippen molar-refractivity contribution >= 4 is 27.4 Å². The number of rotatable bonds is 7. The molecule has 0 radical (unpaired) electrons. The molecule has 2 aromatic rings. The van der Waals surface area contributed by atoms with E-state index in [-0.39, 0.29) is 11.4 Å². The monoisotopic (exact) mass is 353 g/mol. The molecule has 1 heterocycles. The summed E-state index contributed by atoms with van der Waals surface area (Å²) in [5, 5.41) is 0.387. The third-order valence-corrected chi connectivity index (χ3v) is 5.10. The molecule has 124 valence electrons. The van der Waals surface area contributed by atoms with Gasteiger partial charge in [0.1, 0.15) is 5.82 Å². The highest BCUT2D eigenvalue weighted by atomic mass is 35.5. The molecule has 0 saturated heterocycles. The van der Waals surface area contributed by atoms with Crippen LogP contribution in [0.25, 0.3) is 0 Å². The molecule has 1 N–H and O–H groups in total. The minimum atomic E-state index is -3.59. The maximum absolute atomic E-state index is 12.2. The fourth-order valence-electron chi connectivity index (χ4n) is 2.15. The van der Waals surface area contributed by atoms with E-state index in [4.69, 9.17) is 11.6 Å². The summed E-state index contributed by atoms with van der Waals surface area (Å²) >= 11 is 5.84. The molecule has 23 heavy (non-hydrogen) atoms. The van der Waals surface area contributed by atoms with Gasteiger partial charge in [-0.05, 0) is 43.7 Å². The first kappa shape index (κ1) is 17.7. The lowest BCUT2D eigenvalue weighted by molar-refractivity contribution is 0.581. The van der Waals surface area contributed by atoms with Gasteiger partial charge in [-0.3, -0.25) is 0 Å². The number of nitrogens with one attached hydrogen (secondary N) is 1. The summed E-state index contributed by atoms with van der Waals surface area (Å²) in [7, 11) is -3.59. The van der Waals surface area contributed by atoms with Crippen molar-refractivity contribution in [1.29, 1.82) is 0 Å². The highest BCUT2D eigenvalue weighted by Crippen LogP contribution is 2.16. The van der Waals surface area contributed by atoms with Crippen molar-refractivity contribution in [2.75, 3.05) is 18.0 Å². The molecule has 1 aromatic carbocycles. The molecule has 0 bridgehead atoms. The van der Waals surface area contributed by atoms with Crippen LogP contribution in [0, 0.1) is 0 Å². The van der Waals surface area contributed by atoms with Crippen LogP contribution < -0.4 is 9.62 Å². The summed E-state index contributed by atoms with van der Waals surface area (Å²) in [5.74, 6) is 0.886. The molecule has 7 heteroatoms. The zero-order valence-electron chi connectivity index (χ0n) is 13.2. The van der Waals surface area contributed by atoms with E-state index in [1.165, 1.54) is 12.1 Å². The van der Waals surface area contributed by atoms with Crippen LogP contribution in [0.15, 0.2) is 47.5 Å². The lowest BCUT2D eigenvalue weighted by atomic mass is 10.3. The van der Waals surface area contributed by atoms with Gasteiger partial charge in [0.05, 0.1) is 4.90 Å². The Labute approximate surface area is 142 Å². The first-order chi connectivity index (χ1) is 11.0. The molecule has 0 spiro atoms. The molecule has 2 rings (SSSR count). The molecule has 0 saturated carbocycles. The van der Waals surface area contributed by atoms with E-state index in [2.05, 4.69) is 28.5 Å². The number of halogens is 1. The quantitative estimate of drug-likeness (QED) is 0.831. The highest BCUT2D eigenvalue weighted by molar-refractivity contribution is 7.89. The molecule has 0 aliphatic rings. The zero-order valence-corrected chi connectivity index (χ0v) is 14.7. The summed E-state index contributed by atoms with van der Waals surface area (Å²) in [6, 6.07) is 9.95. The maximum atomic E-state index is 12.2. The van der Waals surface area contributed by atoms with Gasteiger partial charge in [-0.2, -0.15) is 0 Å². The first-order valence-corrected chi connectivity index (χ1v) is 9.27. The topological polar surface area (TPSA) is 62.3 Å². The zero-order chi connectivity index (χ0) is 16.9. The second-order valence-electron chi connectivity index (χ2n) is 4.98. The second-order valence-corrected chi connectivity index (χ2v) is 7.18. The maximum Gasteiger partial charge on any atom is 0.240 e. The van der Waals surface area contributed by atoms with Crippen molar-refractivity contribution in [3.63, 3.8) is 0 Å². The Morgan fingerprint density at radius 3 is 2.48 bits per heavy atom. The number of sulfonamides is 1. The van der Waals surface area contributed by atoms with Crippen molar-refractivity contribution in [2.45, 2.75) is 25.3 Å². The first-order valence-electron chi connectivity index (χ1n) is 7.41. The third-order valence-electron chi connectivity index (χ3n) is 3.47. The smallest absolute Gasteiger partial charge is 0.240 e. The summed E-state index contributed by atoms with van der Waals surface area (Å²) < 4.78 is 27.0. The van der Waals surface area contributed by atoms with Crippen LogP contribution in [0.5, 0.6) is 0 Å². The summed E-state index contributed by atoms with van der Waals surface area (Å²) in [4.78, 5) is 6.65. The Balaban J connectivity index is 2.06. The number of nitrogens with zero attached hydrogens (tertiary/aromatic N) is 2. The van der Waals surface area contributed by atoms with Gasteiger partial charge in [0.25, 0.3) is 0 Å². The molecular weight excluding hydrogens is 334 g/mol. The average Bonchev–Trinajstić information content (AvgIpc) is 2.55. The van der Waals surface area contributed by atoms with E-state index < -0.39 is 10.0 Å². The predicted octanol–water partition coefficient (Wildman–Crippen LogP) is 3.06. The predicted molar refractivity (Wildman–Crippen MR) is 93.3 cm³/mol. The Kier molecular flexibility index (Phi) is 5.98. The van der Waals surface area contributed by atoms with Crippen LogP contribution in [-0.2, 0) is 16.6 Å². The Hall–Kier alpha value is -1.63. The molecule has 0 fully saturated rings. The number of anilines is 1. The van der Waals surface area contributed by atoms with Crippen molar-refractivity contribution in [3.05, 3.63) is 53.2 Å². The van der Waals surface area contributed by atoms with Gasteiger partial charge in [0.15, 0.2) is 0 Å². The highest BCUT2D eigenvalue weighted by Gasteiger charge is 2.14. The van der Waals surface area contributed by atoms with E-state index in [1.807, 2.05) is 12.1 Å². The molecule has 1 aromatic heterocycles. The normalized spacial score (nSPS) is 11.4. The van der Waals surface area contributed by atoms with E-state index in [0.29, 0.717) is 5.02 Å². The standard InChI is InChI=1S/C16H20ClN3O2S/c1-3-20(4-2)16-9-8-13(11-18-16)12-19-23(21,22)15-7-5-6-14(17)10-15/h5-11,19H,3-4,12H2,1-2H3. The minimum Gasteiger partial charge on any atom is -0.357 e. The van der Waals surface area contributed by atoms with Crippen LogP contribution in [0.3, 0.4) is 0 Å². The van der Waals surface area contributed by atoms with Crippen molar-refractivity contribution < 1.29 is 8.42 Å². The van der Waals surface area contributed by atoms with E-state index in [1.54, 1.807) is 18.3 Å². The molecule has 0 atom stereocenters. The van der Waals surface area contributed by atoms with E-state index in [0.717, 1.165) is 24.5 Å². The van der Waals surface area contributed by atoms with Crippen LogP contribution >= 0.6 is 11.6 Å². The van der Waals surface area contributed by atoms with Gasteiger partial charge in [0, 0.05) is 30.9 Å². The molecule has 5 nitrogen and oxygen atoms in total. The largest absolute Gasteiger partial charge is 0.357 e. The number of pyridine rings is 1. The number of hydrogen-bond acceptors (Lipinski definition) is 4. The number of hydrogen-bond donors (Lipinski definition) is 1. The molecular formula is C16H20ClN3O2S. The van der Waals surface area contributed by atoms with Crippen LogP contribution in [0.4, 0.5) is 5.82 Å². The fourth-order valence-corrected chi connectivity index (χ4v) is 3.47. The minimum absolute atomic E-state index is 0.151. The average molecular weight is 354 g/mol. The Morgan fingerprint density at radius 1 is 1.17 bits per heavy atom. The van der Waals surface area contributed by atoms with Crippen molar-refractivity contribution in [1.82, 2.24) is 9.71 Å². The summed E-state index contributed by atoms with van der Waals surface area (Å²) in [6.45, 7) is 6.07. The van der Waals surface area contributed by atoms with Crippen LogP contribution in [0.1, 0.15) is 19.4 Å². The number of aromatic nitrogens is 1. The number of benzene rings is 1. The fraction of sp³-hybridized carbons (Fsp3) is 0.312. The molecule has 0 aliphatic heterocycles. The lowest BCUT2D eigenvalue weighted by Crippen LogP contribution is -2.24. The Bertz CT molecular complexity index is 744. The van der Waals surface area contributed by atoms with E-state index >= 15 is 0 Å². The Morgan fingerprint density at radius 2 is 1.91 bits per heavy atom. The van der Waals surface area contributed by atoms with E-state index in [9.17, 15) is 8.42 Å². The van der Waals surface area contributed by atoms with Gasteiger partial charge in [-0.15, -0.1) is 0 Å². The second kappa shape index (κ2) is 7.77. The van der Waals surface area contributed by atoms with Crippen molar-refractivity contribution in [3.8, 4) is 0 Å². The van der Waals surface area contributed by atoms with Gasteiger partial charge in [0.2, 0.25) is 10.0 Å². The molecule has 0 aliphatic carbocycles. The van der Waals surface area contributed by atoms with Crippen molar-refractivity contribution in [2.24, 2.45) is 0 Å². The summed E-state index contributed by atoms with van der Waals surface area (Å²) in [5.41, 5.74) is 0.798. The lowest BCUT2D eigenvalue weighted by Gasteiger charge is -2.19. The summed E-state index contributed by atoms with van der Waals surface area (Å²) in [6.07, 6.45) is 1.69. The van der Waals surface area contributed by atoms with Gasteiger partial charge < -0.3 is 4.90 Å². The molecule has 0 amide bonds. The molecule has 0 unspecified atom stereocenters. The van der Waals surface area contributed by atoms with Gasteiger partial charge >= 0.3 is 0 Å². The third kappa shape index (κ3) is 4.67. The van der Waals surface area contributed by atoms with Gasteiger partial charge in [-0.25, -0.2) is 18.1 Å². The van der Waals surface area contributed by atoms with Gasteiger partial charge in [-0.1, -0.05) is 23.7 Å².